The third-order valence-electron chi connectivity index (χ3n) is 2.39. The minimum Gasteiger partial charge on any atom is -0.366 e. The summed E-state index contributed by atoms with van der Waals surface area (Å²) in [5.41, 5.74) is 0.759. The number of carbonyl (C=O) groups is 1. The lowest BCUT2D eigenvalue weighted by atomic mass is 10.1. The summed E-state index contributed by atoms with van der Waals surface area (Å²) >= 11 is 3.47. The number of ether oxygens (including phenoxy) is 1. The fourth-order valence-corrected chi connectivity index (χ4v) is 2.10. The van der Waals surface area contributed by atoms with E-state index in [0.717, 1.165) is 10.0 Å². The Kier molecular flexibility index (Phi) is 5.35. The lowest BCUT2D eigenvalue weighted by molar-refractivity contribution is -0.131. The van der Waals surface area contributed by atoms with Crippen molar-refractivity contribution < 1.29 is 9.53 Å². The van der Waals surface area contributed by atoms with Gasteiger partial charge in [0.2, 0.25) is 5.91 Å². The van der Waals surface area contributed by atoms with Gasteiger partial charge >= 0.3 is 0 Å². The predicted octanol–water partition coefficient (Wildman–Crippen LogP) is 3.44. The molecule has 1 atom stereocenters. The largest absolute Gasteiger partial charge is 0.366 e. The van der Waals surface area contributed by atoms with Gasteiger partial charge in [-0.25, -0.2) is 0 Å². The van der Waals surface area contributed by atoms with Gasteiger partial charge in [-0.05, 0) is 39.3 Å². The van der Waals surface area contributed by atoms with Crippen LogP contribution in [0.25, 0.3) is 0 Å². The first-order valence-corrected chi connectivity index (χ1v) is 6.76. The van der Waals surface area contributed by atoms with Crippen molar-refractivity contribution in [1.82, 2.24) is 5.32 Å². The van der Waals surface area contributed by atoms with Gasteiger partial charge in [0.15, 0.2) is 0 Å². The molecule has 0 radical (unpaired) electrons. The van der Waals surface area contributed by atoms with Crippen molar-refractivity contribution in [1.29, 1.82) is 0 Å². The topological polar surface area (TPSA) is 38.3 Å². The third-order valence-corrected chi connectivity index (χ3v) is 3.11. The number of rotatable bonds is 4. The molecule has 0 fully saturated rings. The van der Waals surface area contributed by atoms with Crippen LogP contribution >= 0.6 is 15.9 Å². The maximum absolute atomic E-state index is 11.7. The van der Waals surface area contributed by atoms with E-state index in [2.05, 4.69) is 21.2 Å². The highest BCUT2D eigenvalue weighted by Crippen LogP contribution is 2.22. The molecule has 0 spiro atoms. The van der Waals surface area contributed by atoms with Crippen LogP contribution in [0.5, 0.6) is 0 Å². The summed E-state index contributed by atoms with van der Waals surface area (Å²) < 4.78 is 6.43. The number of hydrogen-bond donors (Lipinski definition) is 1. The molecule has 0 heterocycles. The molecular formula is C14H20BrNO2. The van der Waals surface area contributed by atoms with Gasteiger partial charge in [-0.1, -0.05) is 34.1 Å². The molecule has 0 saturated carbocycles. The maximum Gasteiger partial charge on any atom is 0.246 e. The van der Waals surface area contributed by atoms with Crippen molar-refractivity contribution in [3.63, 3.8) is 0 Å². The predicted molar refractivity (Wildman–Crippen MR) is 76.4 cm³/mol. The van der Waals surface area contributed by atoms with Crippen LogP contribution in [-0.2, 0) is 9.53 Å². The van der Waals surface area contributed by atoms with E-state index in [1.165, 1.54) is 0 Å². The zero-order valence-corrected chi connectivity index (χ0v) is 12.9. The lowest BCUT2D eigenvalue weighted by Gasteiger charge is -2.21. The van der Waals surface area contributed by atoms with E-state index in [-0.39, 0.29) is 24.2 Å². The Morgan fingerprint density at radius 1 is 1.39 bits per heavy atom. The van der Waals surface area contributed by atoms with Gasteiger partial charge in [0.1, 0.15) is 6.61 Å². The standard InChI is InChI=1S/C14H20BrNO2/c1-10(11-7-5-6-8-12(11)15)16-13(17)9-18-14(2,3)4/h5-8,10H,9H2,1-4H3,(H,16,17). The molecule has 18 heavy (non-hydrogen) atoms. The summed E-state index contributed by atoms with van der Waals surface area (Å²) in [4.78, 5) is 11.7. The van der Waals surface area contributed by atoms with E-state index >= 15 is 0 Å². The minimum absolute atomic E-state index is 0.0448. The Hall–Kier alpha value is -0.870. The fraction of sp³-hybridized carbons (Fsp3) is 0.500. The Morgan fingerprint density at radius 2 is 2.00 bits per heavy atom. The average Bonchev–Trinajstić information content (AvgIpc) is 2.26. The van der Waals surface area contributed by atoms with Gasteiger partial charge in [-0.2, -0.15) is 0 Å². The zero-order chi connectivity index (χ0) is 13.8. The molecule has 0 aromatic heterocycles. The van der Waals surface area contributed by atoms with E-state index in [4.69, 9.17) is 4.74 Å². The van der Waals surface area contributed by atoms with E-state index in [9.17, 15) is 4.79 Å². The van der Waals surface area contributed by atoms with Gasteiger partial charge in [0.05, 0.1) is 11.6 Å². The summed E-state index contributed by atoms with van der Waals surface area (Å²) in [5.74, 6) is -0.104. The number of amides is 1. The molecule has 0 aliphatic heterocycles. The first kappa shape index (κ1) is 15.2. The van der Waals surface area contributed by atoms with E-state index in [1.807, 2.05) is 52.0 Å². The normalized spacial score (nSPS) is 13.2. The molecule has 0 bridgehead atoms. The van der Waals surface area contributed by atoms with Crippen molar-refractivity contribution in [3.8, 4) is 0 Å². The third kappa shape index (κ3) is 5.19. The Balaban J connectivity index is 2.53. The van der Waals surface area contributed by atoms with E-state index < -0.39 is 0 Å². The molecule has 1 aromatic rings. The molecule has 4 heteroatoms. The van der Waals surface area contributed by atoms with Crippen molar-refractivity contribution in [2.75, 3.05) is 6.61 Å². The fourth-order valence-electron chi connectivity index (χ4n) is 1.47. The summed E-state index contributed by atoms with van der Waals surface area (Å²) in [5, 5.41) is 2.92. The van der Waals surface area contributed by atoms with Crippen molar-refractivity contribution in [2.45, 2.75) is 39.3 Å². The Labute approximate surface area is 117 Å². The molecule has 1 N–H and O–H groups in total. The molecule has 100 valence electrons. The summed E-state index contributed by atoms with van der Waals surface area (Å²) in [6.45, 7) is 7.82. The van der Waals surface area contributed by atoms with Gasteiger partial charge in [-0.3, -0.25) is 4.79 Å². The molecule has 1 amide bonds. The zero-order valence-electron chi connectivity index (χ0n) is 11.3. The molecular weight excluding hydrogens is 294 g/mol. The highest BCUT2D eigenvalue weighted by atomic mass is 79.9. The SMILES string of the molecule is CC(NC(=O)COC(C)(C)C)c1ccccc1Br. The molecule has 0 aliphatic carbocycles. The lowest BCUT2D eigenvalue weighted by Crippen LogP contribution is -2.33. The van der Waals surface area contributed by atoms with Crippen LogP contribution in [0, 0.1) is 0 Å². The second kappa shape index (κ2) is 6.34. The van der Waals surface area contributed by atoms with Gasteiger partial charge in [-0.15, -0.1) is 0 Å². The monoisotopic (exact) mass is 313 g/mol. The minimum atomic E-state index is -0.298. The Bertz CT molecular complexity index is 413. The van der Waals surface area contributed by atoms with E-state index in [0.29, 0.717) is 0 Å². The van der Waals surface area contributed by atoms with Gasteiger partial charge in [0.25, 0.3) is 0 Å². The smallest absolute Gasteiger partial charge is 0.246 e. The van der Waals surface area contributed by atoms with Crippen LogP contribution in [0.2, 0.25) is 0 Å². The first-order valence-electron chi connectivity index (χ1n) is 5.97. The number of benzene rings is 1. The molecule has 0 saturated heterocycles. The molecule has 3 nitrogen and oxygen atoms in total. The molecule has 1 rings (SSSR count). The van der Waals surface area contributed by atoms with Gasteiger partial charge in [0, 0.05) is 4.47 Å². The van der Waals surface area contributed by atoms with Crippen LogP contribution < -0.4 is 5.32 Å². The molecule has 1 unspecified atom stereocenters. The van der Waals surface area contributed by atoms with Crippen LogP contribution in [0.4, 0.5) is 0 Å². The number of halogens is 1. The number of nitrogens with one attached hydrogen (secondary N) is 1. The highest BCUT2D eigenvalue weighted by molar-refractivity contribution is 9.10. The van der Waals surface area contributed by atoms with Crippen molar-refractivity contribution in [2.24, 2.45) is 0 Å². The summed E-state index contributed by atoms with van der Waals surface area (Å²) in [6, 6.07) is 7.80. The van der Waals surface area contributed by atoms with Crippen LogP contribution in [0.1, 0.15) is 39.3 Å². The molecule has 1 aromatic carbocycles. The maximum atomic E-state index is 11.7. The quantitative estimate of drug-likeness (QED) is 0.924. The van der Waals surface area contributed by atoms with Crippen molar-refractivity contribution in [3.05, 3.63) is 34.3 Å². The van der Waals surface area contributed by atoms with E-state index in [1.54, 1.807) is 0 Å². The average molecular weight is 314 g/mol. The summed E-state index contributed by atoms with van der Waals surface area (Å²) in [6.07, 6.45) is 0. The molecule has 0 aliphatic rings. The second-order valence-corrected chi connectivity index (χ2v) is 6.07. The number of carbonyl (C=O) groups excluding carboxylic acids is 1. The first-order chi connectivity index (χ1) is 8.29. The highest BCUT2D eigenvalue weighted by Gasteiger charge is 2.15. The van der Waals surface area contributed by atoms with Crippen LogP contribution in [0.15, 0.2) is 28.7 Å². The van der Waals surface area contributed by atoms with Gasteiger partial charge < -0.3 is 10.1 Å². The summed E-state index contributed by atoms with van der Waals surface area (Å²) in [7, 11) is 0. The van der Waals surface area contributed by atoms with Crippen molar-refractivity contribution >= 4 is 21.8 Å². The Morgan fingerprint density at radius 3 is 2.56 bits per heavy atom. The van der Waals surface area contributed by atoms with Crippen LogP contribution in [0.3, 0.4) is 0 Å². The number of hydrogen-bond acceptors (Lipinski definition) is 2. The second-order valence-electron chi connectivity index (χ2n) is 5.21. The van der Waals surface area contributed by atoms with Crippen LogP contribution in [-0.4, -0.2) is 18.1 Å².